The van der Waals surface area contributed by atoms with E-state index in [4.69, 9.17) is 4.74 Å². The van der Waals surface area contributed by atoms with E-state index in [-0.39, 0.29) is 25.1 Å². The van der Waals surface area contributed by atoms with Crippen LogP contribution < -0.4 is 20.7 Å². The number of nitrogens with one attached hydrogen (secondary N) is 4. The number of alkyl carbamates (subject to hydrolysis) is 1. The number of allylic oxidation sites excluding steroid dienone is 1. The van der Waals surface area contributed by atoms with E-state index in [1.807, 2.05) is 42.5 Å². The van der Waals surface area contributed by atoms with Crippen molar-refractivity contribution in [1.82, 2.24) is 30.6 Å². The van der Waals surface area contributed by atoms with Crippen molar-refractivity contribution >= 4 is 51.1 Å². The predicted molar refractivity (Wildman–Crippen MR) is 193 cm³/mol. The van der Waals surface area contributed by atoms with E-state index in [0.717, 1.165) is 18.4 Å². The highest BCUT2D eigenvalue weighted by Gasteiger charge is 2.62. The van der Waals surface area contributed by atoms with Gasteiger partial charge in [-0.1, -0.05) is 55.3 Å². The van der Waals surface area contributed by atoms with Crippen LogP contribution in [0.3, 0.4) is 0 Å². The normalized spacial score (nSPS) is 27.5. The topological polar surface area (TPSA) is 193 Å². The standard InChI is InChI=1S/C36H46N6O8S2/c1-35(2,3)50-34(47)39-26-15-11-6-4-5-10-14-23-19-36(23,33(46)41-52(48,49)25-16-17-25)40-30(44)28-18-24(20-42(28)32(26)45)37-29(43)27-21-51-31(38-27)22-12-8-7-9-13-22/h7-10,12-14,21,23-26,28H,4-6,11,15-20H2,1-3H3,(H,37,43)(H,39,47)(H,40,44)(H,41,46)/b14-10-/t23-,24+,26-,28-,36+/m0/s1. The molecule has 0 bridgehead atoms. The molecule has 2 aromatic rings. The zero-order valence-electron chi connectivity index (χ0n) is 29.6. The molecule has 2 aliphatic heterocycles. The number of nitrogens with zero attached hydrogens (tertiary/aromatic N) is 2. The van der Waals surface area contributed by atoms with Crippen molar-refractivity contribution in [1.29, 1.82) is 0 Å². The Balaban J connectivity index is 1.26. The smallest absolute Gasteiger partial charge is 0.408 e. The van der Waals surface area contributed by atoms with Crippen LogP contribution >= 0.6 is 11.3 Å². The number of hydrogen-bond donors (Lipinski definition) is 4. The molecule has 0 radical (unpaired) electrons. The van der Waals surface area contributed by atoms with Crippen LogP contribution in [0.5, 0.6) is 0 Å². The molecular weight excluding hydrogens is 709 g/mol. The molecule has 1 saturated heterocycles. The molecule has 4 N–H and O–H groups in total. The summed E-state index contributed by atoms with van der Waals surface area (Å²) in [5.41, 5.74) is -1.29. The summed E-state index contributed by atoms with van der Waals surface area (Å²) in [6.07, 6.45) is 7.23. The van der Waals surface area contributed by atoms with Crippen LogP contribution in [0.4, 0.5) is 4.79 Å². The van der Waals surface area contributed by atoms with Crippen molar-refractivity contribution in [3.63, 3.8) is 0 Å². The maximum atomic E-state index is 14.3. The summed E-state index contributed by atoms with van der Waals surface area (Å²) >= 11 is 1.32. The first-order valence-electron chi connectivity index (χ1n) is 17.8. The van der Waals surface area contributed by atoms with Gasteiger partial charge in [0, 0.05) is 29.4 Å². The van der Waals surface area contributed by atoms with Gasteiger partial charge in [-0.25, -0.2) is 18.2 Å². The van der Waals surface area contributed by atoms with Gasteiger partial charge in [-0.15, -0.1) is 11.3 Å². The lowest BCUT2D eigenvalue weighted by Gasteiger charge is -2.30. The van der Waals surface area contributed by atoms with Gasteiger partial charge in [0.05, 0.1) is 5.25 Å². The number of thiazole rings is 1. The number of aromatic nitrogens is 1. The first-order chi connectivity index (χ1) is 24.6. The minimum absolute atomic E-state index is 0.0106. The molecule has 0 unspecified atom stereocenters. The van der Waals surface area contributed by atoms with Crippen molar-refractivity contribution in [2.45, 2.75) is 113 Å². The largest absolute Gasteiger partial charge is 0.444 e. The predicted octanol–water partition coefficient (Wildman–Crippen LogP) is 3.41. The number of ether oxygens (including phenoxy) is 1. The number of rotatable bonds is 7. The van der Waals surface area contributed by atoms with Gasteiger partial charge in [0.2, 0.25) is 21.8 Å². The second-order valence-electron chi connectivity index (χ2n) is 15.0. The van der Waals surface area contributed by atoms with E-state index in [1.165, 1.54) is 16.2 Å². The maximum Gasteiger partial charge on any atom is 0.408 e. The molecule has 5 atom stereocenters. The number of hydrogen-bond acceptors (Lipinski definition) is 10. The molecule has 280 valence electrons. The lowest BCUT2D eigenvalue weighted by Crippen LogP contribution is -2.58. The van der Waals surface area contributed by atoms with Crippen molar-refractivity contribution < 1.29 is 37.1 Å². The van der Waals surface area contributed by atoms with E-state index >= 15 is 0 Å². The van der Waals surface area contributed by atoms with Crippen LogP contribution in [-0.2, 0) is 29.1 Å². The minimum Gasteiger partial charge on any atom is -0.444 e. The summed E-state index contributed by atoms with van der Waals surface area (Å²) < 4.78 is 33.2. The second-order valence-corrected chi connectivity index (χ2v) is 17.8. The molecule has 0 spiro atoms. The Morgan fingerprint density at radius 2 is 1.79 bits per heavy atom. The molecule has 6 rings (SSSR count). The Hall–Kier alpha value is -4.31. The van der Waals surface area contributed by atoms with Crippen LogP contribution in [-0.4, -0.2) is 89.1 Å². The summed E-state index contributed by atoms with van der Waals surface area (Å²) in [6, 6.07) is 6.58. The molecule has 3 heterocycles. The molecule has 1 aromatic carbocycles. The Morgan fingerprint density at radius 3 is 2.50 bits per heavy atom. The van der Waals surface area contributed by atoms with Gasteiger partial charge in [0.1, 0.15) is 33.9 Å². The summed E-state index contributed by atoms with van der Waals surface area (Å²) in [7, 11) is -3.90. The van der Waals surface area contributed by atoms with Gasteiger partial charge in [-0.05, 0) is 65.7 Å². The summed E-state index contributed by atoms with van der Waals surface area (Å²) in [6.45, 7) is 5.09. The fourth-order valence-electron chi connectivity index (χ4n) is 6.71. The third kappa shape index (κ3) is 8.82. The Bertz CT molecular complexity index is 1840. The van der Waals surface area contributed by atoms with E-state index < -0.39 is 80.2 Å². The van der Waals surface area contributed by atoms with Crippen molar-refractivity contribution in [2.24, 2.45) is 5.92 Å². The molecule has 1 aromatic heterocycles. The van der Waals surface area contributed by atoms with Gasteiger partial charge in [-0.3, -0.25) is 23.9 Å². The third-order valence-corrected chi connectivity index (χ3v) is 12.4. The summed E-state index contributed by atoms with van der Waals surface area (Å²) in [4.78, 5) is 74.3. The highest BCUT2D eigenvalue weighted by Crippen LogP contribution is 2.46. The number of amides is 5. The molecule has 52 heavy (non-hydrogen) atoms. The summed E-state index contributed by atoms with van der Waals surface area (Å²) in [5.74, 6) is -2.92. The van der Waals surface area contributed by atoms with Gasteiger partial charge >= 0.3 is 6.09 Å². The molecule has 5 amide bonds. The highest BCUT2D eigenvalue weighted by molar-refractivity contribution is 7.91. The van der Waals surface area contributed by atoms with Crippen LogP contribution in [0.2, 0.25) is 0 Å². The molecule has 2 aliphatic carbocycles. The van der Waals surface area contributed by atoms with E-state index in [0.29, 0.717) is 37.1 Å². The Labute approximate surface area is 307 Å². The van der Waals surface area contributed by atoms with E-state index in [2.05, 4.69) is 25.7 Å². The molecule has 4 aliphatic rings. The average molecular weight is 755 g/mol. The molecule has 2 saturated carbocycles. The van der Waals surface area contributed by atoms with Crippen molar-refractivity contribution in [2.75, 3.05) is 6.54 Å². The zero-order valence-corrected chi connectivity index (χ0v) is 31.2. The van der Waals surface area contributed by atoms with Crippen molar-refractivity contribution in [3.8, 4) is 10.6 Å². The van der Waals surface area contributed by atoms with Crippen LogP contribution in [0.1, 0.15) is 89.0 Å². The zero-order chi connectivity index (χ0) is 37.3. The number of benzene rings is 1. The van der Waals surface area contributed by atoms with Crippen LogP contribution in [0.25, 0.3) is 10.6 Å². The minimum atomic E-state index is -3.90. The Morgan fingerprint density at radius 1 is 1.04 bits per heavy atom. The number of fused-ring (bicyclic) bond motifs is 2. The third-order valence-electron chi connectivity index (χ3n) is 9.66. The number of sulfonamides is 1. The lowest BCUT2D eigenvalue weighted by atomic mass is 10.0. The molecule has 3 fully saturated rings. The lowest BCUT2D eigenvalue weighted by molar-refractivity contribution is -0.141. The monoisotopic (exact) mass is 754 g/mol. The van der Waals surface area contributed by atoms with Crippen LogP contribution in [0.15, 0.2) is 47.9 Å². The van der Waals surface area contributed by atoms with E-state index in [1.54, 1.807) is 26.2 Å². The second kappa shape index (κ2) is 15.0. The number of carbonyl (C=O) groups is 5. The quantitative estimate of drug-likeness (QED) is 0.307. The molecule has 14 nitrogen and oxygen atoms in total. The Kier molecular flexibility index (Phi) is 10.8. The highest BCUT2D eigenvalue weighted by atomic mass is 32.2. The first-order valence-corrected chi connectivity index (χ1v) is 20.2. The fourth-order valence-corrected chi connectivity index (χ4v) is 8.88. The fraction of sp³-hybridized carbons (Fsp3) is 0.556. The average Bonchev–Trinajstić information content (AvgIpc) is 3.95. The molecule has 16 heteroatoms. The van der Waals surface area contributed by atoms with Gasteiger partial charge in [-0.2, -0.15) is 0 Å². The number of carbonyl (C=O) groups excluding carboxylic acids is 5. The SMILES string of the molecule is CC(C)(C)OC(=O)N[C@H]1CCCCC/C=C\[C@H]2C[C@@]2(C(=O)NS(=O)(=O)C2CC2)NC(=O)[C@@H]2C[C@@H](NC(=O)c3csc(-c4ccccc4)n3)CN2C1=O. The first kappa shape index (κ1) is 37.4. The van der Waals surface area contributed by atoms with E-state index in [9.17, 15) is 32.4 Å². The molecular formula is C36H46N6O8S2. The van der Waals surface area contributed by atoms with Crippen molar-refractivity contribution in [3.05, 3.63) is 53.6 Å². The van der Waals surface area contributed by atoms with Gasteiger partial charge < -0.3 is 25.6 Å². The maximum absolute atomic E-state index is 14.3. The van der Waals surface area contributed by atoms with Crippen LogP contribution in [0, 0.1) is 5.92 Å². The van der Waals surface area contributed by atoms with Gasteiger partial charge in [0.15, 0.2) is 0 Å². The summed E-state index contributed by atoms with van der Waals surface area (Å²) in [5, 5.41) is 10.1. The van der Waals surface area contributed by atoms with Gasteiger partial charge in [0.25, 0.3) is 11.8 Å².